The molecule has 0 saturated heterocycles. The van der Waals surface area contributed by atoms with Gasteiger partial charge in [-0.15, -0.1) is 0 Å². The summed E-state index contributed by atoms with van der Waals surface area (Å²) in [6.07, 6.45) is 18.1. The van der Waals surface area contributed by atoms with Crippen molar-refractivity contribution in [2.24, 2.45) is 0 Å². The molecule has 0 nitrogen and oxygen atoms in total. The van der Waals surface area contributed by atoms with E-state index in [1.54, 1.807) is 0 Å². The molecule has 0 aromatic heterocycles. The summed E-state index contributed by atoms with van der Waals surface area (Å²) in [5, 5.41) is 0. The van der Waals surface area contributed by atoms with E-state index in [1.807, 2.05) is 0 Å². The Morgan fingerprint density at radius 1 is 1.07 bits per heavy atom. The van der Waals surface area contributed by atoms with Gasteiger partial charge in [-0.25, -0.2) is 0 Å². The Hall–Kier alpha value is -0.910. The average molecular weight is 203 g/mol. The number of allylic oxidation sites excluding steroid dienone is 5. The van der Waals surface area contributed by atoms with E-state index in [1.165, 1.54) is 50.5 Å². The van der Waals surface area contributed by atoms with Crippen molar-refractivity contribution in [2.45, 2.75) is 51.9 Å². The molecule has 0 spiro atoms. The molecule has 0 aromatic rings. The van der Waals surface area contributed by atoms with Gasteiger partial charge in [-0.2, -0.15) is 0 Å². The quantitative estimate of drug-likeness (QED) is 0.404. The third-order valence-corrected chi connectivity index (χ3v) is 2.84. The van der Waals surface area contributed by atoms with Gasteiger partial charge in [-0.05, 0) is 13.0 Å². The van der Waals surface area contributed by atoms with Crippen LogP contribution < -0.4 is 0 Å². The molecule has 0 bridgehead atoms. The van der Waals surface area contributed by atoms with Gasteiger partial charge >= 0.3 is 0 Å². The highest BCUT2D eigenvalue weighted by Gasteiger charge is 2.06. The van der Waals surface area contributed by atoms with Gasteiger partial charge in [-0.3, -0.25) is 0 Å². The Balaban J connectivity index is 2.01. The number of unbranched alkanes of at least 4 members (excludes halogenated alkanes) is 5. The van der Waals surface area contributed by atoms with Crippen LogP contribution >= 0.6 is 0 Å². The fourth-order valence-corrected chi connectivity index (χ4v) is 1.82. The smallest absolute Gasteiger partial charge is 0.0654 e. The summed E-state index contributed by atoms with van der Waals surface area (Å²) in [5.41, 5.74) is 2.57. The van der Waals surface area contributed by atoms with E-state index < -0.39 is 0 Å². The van der Waals surface area contributed by atoms with Gasteiger partial charge in [-0.1, -0.05) is 39.0 Å². The first-order valence-electron chi connectivity index (χ1n) is 6.24. The molecule has 0 heteroatoms. The van der Waals surface area contributed by atoms with Gasteiger partial charge in [0.05, 0.1) is 5.57 Å². The molecule has 0 amide bonds. The maximum atomic E-state index is 3.89. The Kier molecular flexibility index (Phi) is 5.99. The van der Waals surface area contributed by atoms with Gasteiger partial charge in [0, 0.05) is 36.6 Å². The van der Waals surface area contributed by atoms with Crippen molar-refractivity contribution < 1.29 is 0 Å². The van der Waals surface area contributed by atoms with Gasteiger partial charge in [0.2, 0.25) is 0 Å². The van der Waals surface area contributed by atoms with E-state index >= 15 is 0 Å². The topological polar surface area (TPSA) is 0 Å². The van der Waals surface area contributed by atoms with Gasteiger partial charge in [0.1, 0.15) is 0 Å². The van der Waals surface area contributed by atoms with Gasteiger partial charge in [0.15, 0.2) is 0 Å². The van der Waals surface area contributed by atoms with Crippen molar-refractivity contribution in [2.75, 3.05) is 0 Å². The van der Waals surface area contributed by atoms with E-state index in [0.29, 0.717) is 0 Å². The summed E-state index contributed by atoms with van der Waals surface area (Å²) >= 11 is 0. The Morgan fingerprint density at radius 2 is 1.80 bits per heavy atom. The molecule has 0 aromatic carbocycles. The number of hydrogen-bond donors (Lipinski definition) is 0. The lowest BCUT2D eigenvalue weighted by molar-refractivity contribution is 0.608. The zero-order valence-corrected chi connectivity index (χ0v) is 9.97. The van der Waals surface area contributed by atoms with Crippen molar-refractivity contribution in [1.82, 2.24) is 0 Å². The fourth-order valence-electron chi connectivity index (χ4n) is 1.82. The largest absolute Gasteiger partial charge is 0.0887 e. The minimum Gasteiger partial charge on any atom is -0.0654 e. The van der Waals surface area contributed by atoms with Crippen LogP contribution in [0.5, 0.6) is 0 Å². The van der Waals surface area contributed by atoms with Crippen LogP contribution in [0.4, 0.5) is 0 Å². The van der Waals surface area contributed by atoms with E-state index in [4.69, 9.17) is 0 Å². The second-order valence-electron chi connectivity index (χ2n) is 4.33. The zero-order valence-electron chi connectivity index (χ0n) is 9.97. The molecule has 0 radical (unpaired) electrons. The van der Waals surface area contributed by atoms with E-state index in [9.17, 15) is 0 Å². The number of hydrogen-bond acceptors (Lipinski definition) is 0. The maximum absolute atomic E-state index is 3.89. The first-order valence-corrected chi connectivity index (χ1v) is 6.24. The first kappa shape index (κ1) is 12.2. The highest BCUT2D eigenvalue weighted by atomic mass is 14.0. The summed E-state index contributed by atoms with van der Waals surface area (Å²) in [4.78, 5) is 0. The molecule has 0 heterocycles. The van der Waals surface area contributed by atoms with Gasteiger partial charge in [0.25, 0.3) is 0 Å². The average Bonchev–Trinajstić information content (AvgIpc) is 2.26. The second kappa shape index (κ2) is 7.39. The van der Waals surface area contributed by atoms with Crippen molar-refractivity contribution in [3.8, 4) is 0 Å². The van der Waals surface area contributed by atoms with Crippen LogP contribution in [0.25, 0.3) is 0 Å². The SMILES string of the molecule is C=C1C=CC(CCCCCCCC)=C[CH+]1. The molecule has 0 atom stereocenters. The van der Waals surface area contributed by atoms with Crippen LogP contribution in [-0.4, -0.2) is 0 Å². The zero-order chi connectivity index (χ0) is 10.9. The Bertz CT molecular complexity index is 243. The fraction of sp³-hybridized carbons (Fsp3) is 0.533. The molecule has 1 rings (SSSR count). The molecule has 0 unspecified atom stereocenters. The third-order valence-electron chi connectivity index (χ3n) is 2.84. The van der Waals surface area contributed by atoms with Crippen LogP contribution in [0.2, 0.25) is 0 Å². The van der Waals surface area contributed by atoms with Crippen molar-refractivity contribution in [3.63, 3.8) is 0 Å². The van der Waals surface area contributed by atoms with E-state index in [0.717, 1.165) is 5.57 Å². The predicted molar refractivity (Wildman–Crippen MR) is 68.7 cm³/mol. The lowest BCUT2D eigenvalue weighted by Gasteiger charge is -2.02. The summed E-state index contributed by atoms with van der Waals surface area (Å²) in [5.74, 6) is 0. The van der Waals surface area contributed by atoms with Crippen LogP contribution in [0.3, 0.4) is 0 Å². The molecule has 0 N–H and O–H groups in total. The first-order chi connectivity index (χ1) is 7.33. The molecule has 1 aliphatic carbocycles. The standard InChI is InChI=1S/C15H23/c1-3-4-5-6-7-8-9-15-12-10-14(2)11-13-15/h10-13H,2-9H2,1H3/q+1. The van der Waals surface area contributed by atoms with E-state index in [-0.39, 0.29) is 0 Å². The molecular weight excluding hydrogens is 180 g/mol. The molecule has 0 aliphatic heterocycles. The summed E-state index contributed by atoms with van der Waals surface area (Å²) in [6, 6.07) is 0. The van der Waals surface area contributed by atoms with Crippen molar-refractivity contribution >= 4 is 0 Å². The molecule has 0 saturated carbocycles. The summed E-state index contributed by atoms with van der Waals surface area (Å²) in [6.45, 7) is 6.16. The van der Waals surface area contributed by atoms with Gasteiger partial charge < -0.3 is 0 Å². The lowest BCUT2D eigenvalue weighted by Crippen LogP contribution is -1.88. The third kappa shape index (κ3) is 5.51. The number of rotatable bonds is 7. The maximum Gasteiger partial charge on any atom is 0.0887 e. The van der Waals surface area contributed by atoms with Crippen LogP contribution in [-0.2, 0) is 0 Å². The van der Waals surface area contributed by atoms with Crippen LogP contribution in [0.15, 0.2) is 36.0 Å². The molecule has 0 fully saturated rings. The normalized spacial score (nSPS) is 15.0. The second-order valence-corrected chi connectivity index (χ2v) is 4.33. The molecule has 15 heavy (non-hydrogen) atoms. The lowest BCUT2D eigenvalue weighted by atomic mass is 9.98. The molecular formula is C15H23+. The minimum atomic E-state index is 1.11. The molecule has 1 aliphatic rings. The van der Waals surface area contributed by atoms with Crippen molar-refractivity contribution in [3.05, 3.63) is 42.4 Å². The highest BCUT2D eigenvalue weighted by Crippen LogP contribution is 2.18. The Labute approximate surface area is 94.8 Å². The Morgan fingerprint density at radius 3 is 2.47 bits per heavy atom. The van der Waals surface area contributed by atoms with Crippen LogP contribution in [0, 0.1) is 6.42 Å². The summed E-state index contributed by atoms with van der Waals surface area (Å²) in [7, 11) is 0. The van der Waals surface area contributed by atoms with Crippen LogP contribution in [0.1, 0.15) is 51.9 Å². The monoisotopic (exact) mass is 203 g/mol. The minimum absolute atomic E-state index is 1.11. The predicted octanol–water partition coefficient (Wildman–Crippen LogP) is 4.99. The van der Waals surface area contributed by atoms with Crippen molar-refractivity contribution in [1.29, 1.82) is 0 Å². The van der Waals surface area contributed by atoms with E-state index in [2.05, 4.69) is 38.2 Å². The highest BCUT2D eigenvalue weighted by molar-refractivity contribution is 5.41. The summed E-state index contributed by atoms with van der Waals surface area (Å²) < 4.78 is 0. The molecule has 82 valence electrons.